The number of benzene rings is 1. The number of carbonyl (C=O) groups is 1. The first-order valence-corrected chi connectivity index (χ1v) is 7.11. The Hall–Kier alpha value is -1.81. The molecular formula is C15H18ClN3O. The van der Waals surface area contributed by atoms with E-state index in [1.54, 1.807) is 10.9 Å². The molecule has 4 nitrogen and oxygen atoms in total. The zero-order valence-electron chi connectivity index (χ0n) is 11.6. The second kappa shape index (κ2) is 6.57. The molecule has 1 aromatic carbocycles. The van der Waals surface area contributed by atoms with E-state index in [9.17, 15) is 4.79 Å². The number of halogens is 1. The fourth-order valence-corrected chi connectivity index (χ4v) is 2.17. The van der Waals surface area contributed by atoms with Crippen LogP contribution in [0.15, 0.2) is 36.7 Å². The monoisotopic (exact) mass is 291 g/mol. The van der Waals surface area contributed by atoms with Crippen LogP contribution in [0.3, 0.4) is 0 Å². The minimum Gasteiger partial charge on any atom is -0.324 e. The van der Waals surface area contributed by atoms with Crippen LogP contribution in [-0.2, 0) is 11.2 Å². The van der Waals surface area contributed by atoms with Gasteiger partial charge in [0.2, 0.25) is 5.91 Å². The first-order chi connectivity index (χ1) is 9.63. The SMILES string of the molecule is CCc1ccc(NC(=O)C(CC)n2cc(Cl)cn2)cc1. The molecule has 0 aliphatic carbocycles. The quantitative estimate of drug-likeness (QED) is 0.913. The standard InChI is InChI=1S/C15H18ClN3O/c1-3-11-5-7-13(8-6-11)18-15(20)14(4-2)19-10-12(16)9-17-19/h5-10,14H,3-4H2,1-2H3,(H,18,20). The molecule has 0 radical (unpaired) electrons. The van der Waals surface area contributed by atoms with E-state index in [4.69, 9.17) is 11.6 Å². The molecule has 2 rings (SSSR count). The van der Waals surface area contributed by atoms with Gasteiger partial charge >= 0.3 is 0 Å². The summed E-state index contributed by atoms with van der Waals surface area (Å²) in [4.78, 5) is 12.3. The Morgan fingerprint density at radius 1 is 1.35 bits per heavy atom. The summed E-state index contributed by atoms with van der Waals surface area (Å²) in [5, 5.41) is 7.54. The van der Waals surface area contributed by atoms with E-state index >= 15 is 0 Å². The lowest BCUT2D eigenvalue weighted by molar-refractivity contribution is -0.119. The van der Waals surface area contributed by atoms with Gasteiger partial charge in [0.25, 0.3) is 0 Å². The van der Waals surface area contributed by atoms with E-state index in [2.05, 4.69) is 17.3 Å². The van der Waals surface area contributed by atoms with Crippen molar-refractivity contribution in [2.45, 2.75) is 32.7 Å². The van der Waals surface area contributed by atoms with Gasteiger partial charge in [0, 0.05) is 11.9 Å². The number of hydrogen-bond donors (Lipinski definition) is 1. The van der Waals surface area contributed by atoms with E-state index in [1.165, 1.54) is 11.8 Å². The lowest BCUT2D eigenvalue weighted by Gasteiger charge is -2.15. The van der Waals surface area contributed by atoms with Crippen molar-refractivity contribution in [2.24, 2.45) is 0 Å². The summed E-state index contributed by atoms with van der Waals surface area (Å²) in [5.41, 5.74) is 2.04. The topological polar surface area (TPSA) is 46.9 Å². The molecule has 106 valence electrons. The third kappa shape index (κ3) is 3.39. The Morgan fingerprint density at radius 2 is 2.05 bits per heavy atom. The zero-order chi connectivity index (χ0) is 14.5. The van der Waals surface area contributed by atoms with E-state index in [-0.39, 0.29) is 11.9 Å². The van der Waals surface area contributed by atoms with Crippen molar-refractivity contribution in [2.75, 3.05) is 5.32 Å². The van der Waals surface area contributed by atoms with Crippen molar-refractivity contribution in [3.8, 4) is 0 Å². The minimum atomic E-state index is -0.353. The summed E-state index contributed by atoms with van der Waals surface area (Å²) in [5.74, 6) is -0.0866. The minimum absolute atomic E-state index is 0.0866. The van der Waals surface area contributed by atoms with Crippen LogP contribution in [0.25, 0.3) is 0 Å². The molecule has 0 aliphatic rings. The van der Waals surface area contributed by atoms with Gasteiger partial charge in [0.05, 0.1) is 11.2 Å². The Balaban J connectivity index is 2.08. The highest BCUT2D eigenvalue weighted by molar-refractivity contribution is 6.30. The summed E-state index contributed by atoms with van der Waals surface area (Å²) >= 11 is 5.84. The van der Waals surface area contributed by atoms with Crippen LogP contribution in [-0.4, -0.2) is 15.7 Å². The average molecular weight is 292 g/mol. The molecule has 0 saturated carbocycles. The van der Waals surface area contributed by atoms with Gasteiger partial charge in [0.1, 0.15) is 6.04 Å². The summed E-state index contributed by atoms with van der Waals surface area (Å²) in [7, 11) is 0. The van der Waals surface area contributed by atoms with Crippen LogP contribution in [0, 0.1) is 0 Å². The van der Waals surface area contributed by atoms with Gasteiger partial charge in [-0.1, -0.05) is 37.6 Å². The fourth-order valence-electron chi connectivity index (χ4n) is 2.03. The number of nitrogens with one attached hydrogen (secondary N) is 1. The molecule has 1 N–H and O–H groups in total. The molecule has 20 heavy (non-hydrogen) atoms. The maximum atomic E-state index is 12.3. The molecule has 0 saturated heterocycles. The normalized spacial score (nSPS) is 12.2. The Bertz CT molecular complexity index is 577. The molecule has 0 bridgehead atoms. The highest BCUT2D eigenvalue weighted by Gasteiger charge is 2.19. The molecule has 0 fully saturated rings. The van der Waals surface area contributed by atoms with Crippen LogP contribution < -0.4 is 5.32 Å². The van der Waals surface area contributed by atoms with Gasteiger partial charge in [0.15, 0.2) is 0 Å². The van der Waals surface area contributed by atoms with Crippen molar-refractivity contribution in [1.29, 1.82) is 0 Å². The van der Waals surface area contributed by atoms with Gasteiger partial charge in [-0.15, -0.1) is 0 Å². The third-order valence-corrected chi connectivity index (χ3v) is 3.40. The summed E-state index contributed by atoms with van der Waals surface area (Å²) in [6.45, 7) is 4.04. The lowest BCUT2D eigenvalue weighted by atomic mass is 10.1. The van der Waals surface area contributed by atoms with Crippen LogP contribution in [0.5, 0.6) is 0 Å². The molecular weight excluding hydrogens is 274 g/mol. The lowest BCUT2D eigenvalue weighted by Crippen LogP contribution is -2.25. The summed E-state index contributed by atoms with van der Waals surface area (Å²) in [6, 6.07) is 7.51. The van der Waals surface area contributed by atoms with Gasteiger partial charge in [-0.05, 0) is 30.5 Å². The fraction of sp³-hybridized carbons (Fsp3) is 0.333. The average Bonchev–Trinajstić information content (AvgIpc) is 2.87. The number of amides is 1. The third-order valence-electron chi connectivity index (χ3n) is 3.21. The van der Waals surface area contributed by atoms with Crippen LogP contribution in [0.2, 0.25) is 5.02 Å². The highest BCUT2D eigenvalue weighted by Crippen LogP contribution is 2.17. The van der Waals surface area contributed by atoms with Crippen molar-refractivity contribution in [3.63, 3.8) is 0 Å². The predicted molar refractivity (Wildman–Crippen MR) is 81.0 cm³/mol. The number of nitrogens with zero attached hydrogens (tertiary/aromatic N) is 2. The Kier molecular flexibility index (Phi) is 4.79. The second-order valence-corrected chi connectivity index (χ2v) is 5.04. The van der Waals surface area contributed by atoms with Crippen molar-refractivity contribution >= 4 is 23.2 Å². The first kappa shape index (κ1) is 14.6. The van der Waals surface area contributed by atoms with Crippen molar-refractivity contribution in [3.05, 3.63) is 47.2 Å². The molecule has 1 aromatic heterocycles. The molecule has 1 unspecified atom stereocenters. The van der Waals surface area contributed by atoms with Crippen LogP contribution in [0.4, 0.5) is 5.69 Å². The zero-order valence-corrected chi connectivity index (χ0v) is 12.4. The summed E-state index contributed by atoms with van der Waals surface area (Å²) < 4.78 is 1.60. The predicted octanol–water partition coefficient (Wildman–Crippen LogP) is 3.69. The molecule has 0 spiro atoms. The number of hydrogen-bond acceptors (Lipinski definition) is 2. The maximum absolute atomic E-state index is 12.3. The van der Waals surface area contributed by atoms with Crippen molar-refractivity contribution < 1.29 is 4.79 Å². The van der Waals surface area contributed by atoms with Gasteiger partial charge in [-0.25, -0.2) is 0 Å². The molecule has 5 heteroatoms. The van der Waals surface area contributed by atoms with E-state index < -0.39 is 0 Å². The summed E-state index contributed by atoms with van der Waals surface area (Å²) in [6.07, 6.45) is 4.83. The Labute approximate surface area is 123 Å². The van der Waals surface area contributed by atoms with Crippen LogP contribution in [0.1, 0.15) is 31.9 Å². The maximum Gasteiger partial charge on any atom is 0.249 e. The molecule has 1 heterocycles. The van der Waals surface area contributed by atoms with E-state index in [0.717, 1.165) is 12.1 Å². The van der Waals surface area contributed by atoms with Gasteiger partial charge in [-0.3, -0.25) is 9.48 Å². The molecule has 1 amide bonds. The highest BCUT2D eigenvalue weighted by atomic mass is 35.5. The van der Waals surface area contributed by atoms with Gasteiger partial charge in [-0.2, -0.15) is 5.10 Å². The van der Waals surface area contributed by atoms with Crippen molar-refractivity contribution in [1.82, 2.24) is 9.78 Å². The number of aromatic nitrogens is 2. The number of rotatable bonds is 5. The van der Waals surface area contributed by atoms with E-state index in [1.807, 2.05) is 31.2 Å². The largest absolute Gasteiger partial charge is 0.324 e. The number of carbonyl (C=O) groups excluding carboxylic acids is 1. The second-order valence-electron chi connectivity index (χ2n) is 4.60. The smallest absolute Gasteiger partial charge is 0.249 e. The Morgan fingerprint density at radius 3 is 2.55 bits per heavy atom. The number of anilines is 1. The van der Waals surface area contributed by atoms with E-state index in [0.29, 0.717) is 11.4 Å². The molecule has 0 aliphatic heterocycles. The molecule has 2 aromatic rings. The van der Waals surface area contributed by atoms with Gasteiger partial charge < -0.3 is 5.32 Å². The molecule has 1 atom stereocenters. The number of aryl methyl sites for hydroxylation is 1. The van der Waals surface area contributed by atoms with Crippen LogP contribution >= 0.6 is 11.6 Å². The first-order valence-electron chi connectivity index (χ1n) is 6.73.